The van der Waals surface area contributed by atoms with Gasteiger partial charge < -0.3 is 20.6 Å². The number of carbonyl (C=O) groups is 2. The Hall–Kier alpha value is -1.30. The van der Waals surface area contributed by atoms with Gasteiger partial charge in [-0.15, -0.1) is 0 Å². The first-order valence-corrected chi connectivity index (χ1v) is 6.79. The molecule has 6 heteroatoms. The number of nitrogens with zero attached hydrogens (tertiary/aromatic N) is 1. The van der Waals surface area contributed by atoms with Crippen LogP contribution in [0.15, 0.2) is 0 Å². The third-order valence-corrected chi connectivity index (χ3v) is 3.64. The molecule has 3 atom stereocenters. The molecule has 110 valence electrons. The van der Waals surface area contributed by atoms with Gasteiger partial charge in [0.2, 0.25) is 0 Å². The van der Waals surface area contributed by atoms with E-state index in [0.29, 0.717) is 5.92 Å². The standard InChI is InChI=1S/C13H25N3O3/c1-8(2)11(12(17)18)15-13(19)14-10-5-6-16(4)7-9(10)3/h8-11H,5-7H2,1-4H3,(H,17,18)(H2,14,15,19)/t9?,10?,11-/m1/s1. The number of amides is 2. The van der Waals surface area contributed by atoms with Gasteiger partial charge in [-0.2, -0.15) is 0 Å². The lowest BCUT2D eigenvalue weighted by Gasteiger charge is -2.35. The van der Waals surface area contributed by atoms with E-state index in [-0.39, 0.29) is 18.0 Å². The largest absolute Gasteiger partial charge is 0.480 e. The molecule has 0 saturated carbocycles. The molecule has 0 spiro atoms. The molecule has 0 aliphatic carbocycles. The van der Waals surface area contributed by atoms with Crippen LogP contribution in [0.2, 0.25) is 0 Å². The summed E-state index contributed by atoms with van der Waals surface area (Å²) in [5, 5.41) is 14.5. The average molecular weight is 271 g/mol. The van der Waals surface area contributed by atoms with Crippen molar-refractivity contribution in [1.29, 1.82) is 0 Å². The van der Waals surface area contributed by atoms with Crippen molar-refractivity contribution in [3.8, 4) is 0 Å². The molecule has 2 unspecified atom stereocenters. The van der Waals surface area contributed by atoms with Crippen LogP contribution in [0, 0.1) is 11.8 Å². The molecule has 1 fully saturated rings. The van der Waals surface area contributed by atoms with Crippen molar-refractivity contribution in [2.45, 2.75) is 39.3 Å². The SMILES string of the molecule is CC1CN(C)CCC1NC(=O)N[C@@H](C(=O)O)C(C)C. The second-order valence-electron chi connectivity index (χ2n) is 5.81. The van der Waals surface area contributed by atoms with Gasteiger partial charge in [0.15, 0.2) is 0 Å². The molecule has 3 N–H and O–H groups in total. The summed E-state index contributed by atoms with van der Waals surface area (Å²) < 4.78 is 0. The van der Waals surface area contributed by atoms with Crippen LogP contribution in [-0.4, -0.2) is 54.2 Å². The summed E-state index contributed by atoms with van der Waals surface area (Å²) in [7, 11) is 2.06. The first-order chi connectivity index (χ1) is 8.81. The van der Waals surface area contributed by atoms with Gasteiger partial charge in [0.05, 0.1) is 0 Å². The zero-order valence-corrected chi connectivity index (χ0v) is 12.1. The predicted octanol–water partition coefficient (Wildman–Crippen LogP) is 0.735. The highest BCUT2D eigenvalue weighted by atomic mass is 16.4. The van der Waals surface area contributed by atoms with Gasteiger partial charge in [0.1, 0.15) is 6.04 Å². The molecule has 0 bridgehead atoms. The highest BCUT2D eigenvalue weighted by Gasteiger charge is 2.28. The van der Waals surface area contributed by atoms with Crippen LogP contribution < -0.4 is 10.6 Å². The van der Waals surface area contributed by atoms with E-state index in [9.17, 15) is 9.59 Å². The number of piperidine rings is 1. The first-order valence-electron chi connectivity index (χ1n) is 6.79. The van der Waals surface area contributed by atoms with Gasteiger partial charge in [-0.25, -0.2) is 9.59 Å². The molecule has 1 rings (SSSR count). The number of hydrogen-bond acceptors (Lipinski definition) is 3. The second-order valence-corrected chi connectivity index (χ2v) is 5.81. The Kier molecular flexibility index (Phi) is 5.60. The van der Waals surface area contributed by atoms with Crippen molar-refractivity contribution in [2.75, 3.05) is 20.1 Å². The number of nitrogens with one attached hydrogen (secondary N) is 2. The lowest BCUT2D eigenvalue weighted by molar-refractivity contribution is -0.140. The van der Waals surface area contributed by atoms with Crippen LogP contribution in [0.25, 0.3) is 0 Å². The van der Waals surface area contributed by atoms with E-state index in [2.05, 4.69) is 29.5 Å². The summed E-state index contributed by atoms with van der Waals surface area (Å²) >= 11 is 0. The average Bonchev–Trinajstić information content (AvgIpc) is 2.29. The van der Waals surface area contributed by atoms with Gasteiger partial charge in [0.25, 0.3) is 0 Å². The third kappa shape index (κ3) is 4.70. The van der Waals surface area contributed by atoms with Gasteiger partial charge in [0, 0.05) is 12.6 Å². The van der Waals surface area contributed by atoms with E-state index in [0.717, 1.165) is 19.5 Å². The minimum absolute atomic E-state index is 0.109. The number of rotatable bonds is 4. The van der Waals surface area contributed by atoms with Crippen molar-refractivity contribution >= 4 is 12.0 Å². The number of urea groups is 1. The van der Waals surface area contributed by atoms with E-state index >= 15 is 0 Å². The molecule has 0 aromatic rings. The molecule has 1 aliphatic rings. The number of carbonyl (C=O) groups excluding carboxylic acids is 1. The van der Waals surface area contributed by atoms with Gasteiger partial charge in [-0.05, 0) is 31.8 Å². The fourth-order valence-corrected chi connectivity index (χ4v) is 2.43. The van der Waals surface area contributed by atoms with E-state index in [1.165, 1.54) is 0 Å². The second kappa shape index (κ2) is 6.75. The molecule has 1 heterocycles. The van der Waals surface area contributed by atoms with Crippen LogP contribution in [0.1, 0.15) is 27.2 Å². The maximum atomic E-state index is 11.9. The lowest BCUT2D eigenvalue weighted by Crippen LogP contribution is -2.55. The number of aliphatic carboxylic acids is 1. The van der Waals surface area contributed by atoms with E-state index in [4.69, 9.17) is 5.11 Å². The zero-order valence-electron chi connectivity index (χ0n) is 12.1. The summed E-state index contributed by atoms with van der Waals surface area (Å²) in [6, 6.07) is -1.12. The fourth-order valence-electron chi connectivity index (χ4n) is 2.43. The number of hydrogen-bond donors (Lipinski definition) is 3. The van der Waals surface area contributed by atoms with Crippen LogP contribution >= 0.6 is 0 Å². The zero-order chi connectivity index (χ0) is 14.6. The Balaban J connectivity index is 2.48. The monoisotopic (exact) mass is 271 g/mol. The number of carboxylic acids is 1. The molecule has 1 aliphatic heterocycles. The Morgan fingerprint density at radius 2 is 2.00 bits per heavy atom. The van der Waals surface area contributed by atoms with E-state index < -0.39 is 12.0 Å². The normalized spacial score (nSPS) is 25.9. The number of carboxylic acid groups (broad SMARTS) is 1. The van der Waals surface area contributed by atoms with Gasteiger partial charge >= 0.3 is 12.0 Å². The maximum Gasteiger partial charge on any atom is 0.326 e. The van der Waals surface area contributed by atoms with Crippen LogP contribution in [0.4, 0.5) is 4.79 Å². The van der Waals surface area contributed by atoms with E-state index in [1.807, 2.05) is 0 Å². The fraction of sp³-hybridized carbons (Fsp3) is 0.846. The van der Waals surface area contributed by atoms with E-state index in [1.54, 1.807) is 13.8 Å². The molecule has 2 amide bonds. The van der Waals surface area contributed by atoms with Crippen LogP contribution in [-0.2, 0) is 4.79 Å². The van der Waals surface area contributed by atoms with Crippen molar-refractivity contribution in [1.82, 2.24) is 15.5 Å². The molecule has 6 nitrogen and oxygen atoms in total. The van der Waals surface area contributed by atoms with Crippen molar-refractivity contribution in [3.63, 3.8) is 0 Å². The molecule has 0 radical (unpaired) electrons. The molecule has 19 heavy (non-hydrogen) atoms. The lowest BCUT2D eigenvalue weighted by atomic mass is 9.94. The molecular weight excluding hydrogens is 246 g/mol. The highest BCUT2D eigenvalue weighted by Crippen LogP contribution is 2.15. The first kappa shape index (κ1) is 15.8. The number of likely N-dealkylation sites (tertiary alicyclic amines) is 1. The molecule has 0 aromatic heterocycles. The predicted molar refractivity (Wildman–Crippen MR) is 73.0 cm³/mol. The topological polar surface area (TPSA) is 81.7 Å². The van der Waals surface area contributed by atoms with Gasteiger partial charge in [-0.3, -0.25) is 0 Å². The summed E-state index contributed by atoms with van der Waals surface area (Å²) in [5.41, 5.74) is 0. The highest BCUT2D eigenvalue weighted by molar-refractivity contribution is 5.82. The Bertz CT molecular complexity index is 333. The van der Waals surface area contributed by atoms with Gasteiger partial charge in [-0.1, -0.05) is 20.8 Å². The van der Waals surface area contributed by atoms with Crippen molar-refractivity contribution in [2.24, 2.45) is 11.8 Å². The summed E-state index contributed by atoms with van der Waals surface area (Å²) in [4.78, 5) is 25.1. The molecular formula is C13H25N3O3. The summed E-state index contributed by atoms with van der Waals surface area (Å²) in [6.07, 6.45) is 0.893. The third-order valence-electron chi connectivity index (χ3n) is 3.64. The van der Waals surface area contributed by atoms with Crippen molar-refractivity contribution < 1.29 is 14.7 Å². The maximum absolute atomic E-state index is 11.9. The van der Waals surface area contributed by atoms with Crippen LogP contribution in [0.3, 0.4) is 0 Å². The molecule has 0 aromatic carbocycles. The molecule has 1 saturated heterocycles. The Morgan fingerprint density at radius 3 is 2.47 bits per heavy atom. The quantitative estimate of drug-likeness (QED) is 0.704. The minimum atomic E-state index is -0.999. The summed E-state index contributed by atoms with van der Waals surface area (Å²) in [6.45, 7) is 7.53. The van der Waals surface area contributed by atoms with Crippen LogP contribution in [0.5, 0.6) is 0 Å². The smallest absolute Gasteiger partial charge is 0.326 e. The Labute approximate surface area is 114 Å². The Morgan fingerprint density at radius 1 is 1.37 bits per heavy atom. The minimum Gasteiger partial charge on any atom is -0.480 e. The van der Waals surface area contributed by atoms with Crippen molar-refractivity contribution in [3.05, 3.63) is 0 Å². The summed E-state index contributed by atoms with van der Waals surface area (Å²) in [5.74, 6) is -0.772.